The molecule has 0 bridgehead atoms. The molecule has 2 amide bonds. The second-order valence-corrected chi connectivity index (χ2v) is 10.9. The standard InChI is InChI=1S/C29H22N2O5S3/c1-2-35-28(34)25-21(18-9-5-3-6-10-18)17-38-26(25)30-24(32)16-31-27(33)23(39-29(31)37)15-20-13-14-22(36-20)19-11-7-4-8-12-19/h3-15,17H,2,16H2,1H3,(H,30,32)/b23-15-. The van der Waals surface area contributed by atoms with Crippen LogP contribution in [0, 0.1) is 0 Å². The van der Waals surface area contributed by atoms with E-state index in [-0.39, 0.29) is 28.9 Å². The molecule has 3 heterocycles. The molecular weight excluding hydrogens is 553 g/mol. The SMILES string of the molecule is CCOC(=O)c1c(-c2ccccc2)csc1NC(=O)CN1C(=O)/C(=C/c2ccc(-c3ccccc3)o2)SC1=S. The van der Waals surface area contributed by atoms with Gasteiger partial charge in [0.25, 0.3) is 5.91 Å². The summed E-state index contributed by atoms with van der Waals surface area (Å²) in [6.07, 6.45) is 1.62. The summed E-state index contributed by atoms with van der Waals surface area (Å²) in [5.41, 5.74) is 2.69. The van der Waals surface area contributed by atoms with Crippen LogP contribution in [0.3, 0.4) is 0 Å². The number of nitrogens with one attached hydrogen (secondary N) is 1. The van der Waals surface area contributed by atoms with E-state index in [1.165, 1.54) is 16.2 Å². The van der Waals surface area contributed by atoms with E-state index in [4.69, 9.17) is 21.4 Å². The lowest BCUT2D eigenvalue weighted by atomic mass is 10.0. The average molecular weight is 575 g/mol. The van der Waals surface area contributed by atoms with E-state index < -0.39 is 11.9 Å². The van der Waals surface area contributed by atoms with Crippen LogP contribution < -0.4 is 5.32 Å². The molecule has 1 aliphatic heterocycles. The van der Waals surface area contributed by atoms with Gasteiger partial charge in [-0.3, -0.25) is 14.5 Å². The van der Waals surface area contributed by atoms with Crippen LogP contribution in [0.1, 0.15) is 23.0 Å². The Balaban J connectivity index is 1.31. The number of thiophene rings is 1. The fraction of sp³-hybridized carbons (Fsp3) is 0.103. The lowest BCUT2D eigenvalue weighted by molar-refractivity contribution is -0.126. The van der Waals surface area contributed by atoms with Gasteiger partial charge in [-0.2, -0.15) is 0 Å². The maximum Gasteiger partial charge on any atom is 0.341 e. The Morgan fingerprint density at radius 3 is 2.41 bits per heavy atom. The molecule has 7 nitrogen and oxygen atoms in total. The summed E-state index contributed by atoms with van der Waals surface area (Å²) >= 11 is 7.71. The lowest BCUT2D eigenvalue weighted by Crippen LogP contribution is -2.36. The van der Waals surface area contributed by atoms with E-state index in [1.807, 2.05) is 66.7 Å². The molecule has 0 spiro atoms. The zero-order valence-corrected chi connectivity index (χ0v) is 23.2. The van der Waals surface area contributed by atoms with Gasteiger partial charge in [0.15, 0.2) is 0 Å². The van der Waals surface area contributed by atoms with Crippen LogP contribution in [-0.4, -0.2) is 40.2 Å². The van der Waals surface area contributed by atoms with Gasteiger partial charge < -0.3 is 14.5 Å². The molecule has 0 unspecified atom stereocenters. The van der Waals surface area contributed by atoms with Crippen molar-refractivity contribution in [3.63, 3.8) is 0 Å². The predicted octanol–water partition coefficient (Wildman–Crippen LogP) is 6.69. The van der Waals surface area contributed by atoms with Crippen molar-refractivity contribution in [2.24, 2.45) is 0 Å². The van der Waals surface area contributed by atoms with Gasteiger partial charge in [-0.05, 0) is 24.6 Å². The first-order valence-corrected chi connectivity index (χ1v) is 14.1. The van der Waals surface area contributed by atoms with Crippen molar-refractivity contribution in [3.8, 4) is 22.5 Å². The highest BCUT2D eigenvalue weighted by atomic mass is 32.2. The number of furan rings is 1. The third-order valence-electron chi connectivity index (χ3n) is 5.74. The van der Waals surface area contributed by atoms with Gasteiger partial charge in [0.1, 0.15) is 33.0 Å². The van der Waals surface area contributed by atoms with Crippen molar-refractivity contribution in [3.05, 3.63) is 94.4 Å². The van der Waals surface area contributed by atoms with Gasteiger partial charge >= 0.3 is 5.97 Å². The first kappa shape index (κ1) is 26.6. The molecule has 0 radical (unpaired) electrons. The second-order valence-electron chi connectivity index (χ2n) is 8.32. The number of ether oxygens (including phenoxy) is 1. The molecule has 2 aromatic carbocycles. The molecule has 10 heteroatoms. The van der Waals surface area contributed by atoms with Gasteiger partial charge in [-0.25, -0.2) is 4.79 Å². The number of anilines is 1. The third kappa shape index (κ3) is 5.88. The van der Waals surface area contributed by atoms with E-state index in [2.05, 4.69) is 5.32 Å². The summed E-state index contributed by atoms with van der Waals surface area (Å²) in [6.45, 7) is 1.62. The maximum atomic E-state index is 13.1. The largest absolute Gasteiger partial charge is 0.462 e. The van der Waals surface area contributed by atoms with Crippen LogP contribution >= 0.6 is 35.3 Å². The molecule has 39 heavy (non-hydrogen) atoms. The fourth-order valence-corrected chi connectivity index (χ4v) is 6.16. The third-order valence-corrected chi connectivity index (χ3v) is 8.02. The molecule has 0 aliphatic carbocycles. The summed E-state index contributed by atoms with van der Waals surface area (Å²) in [7, 11) is 0. The number of rotatable bonds is 8. The Morgan fingerprint density at radius 2 is 1.72 bits per heavy atom. The highest BCUT2D eigenvalue weighted by Crippen LogP contribution is 2.37. The molecule has 0 atom stereocenters. The van der Waals surface area contributed by atoms with Crippen LogP contribution in [-0.2, 0) is 14.3 Å². The summed E-state index contributed by atoms with van der Waals surface area (Å²) in [6, 6.07) is 22.6. The van der Waals surface area contributed by atoms with Gasteiger partial charge in [0.05, 0.1) is 11.5 Å². The maximum absolute atomic E-state index is 13.1. The molecule has 196 valence electrons. The summed E-state index contributed by atoms with van der Waals surface area (Å²) in [5.74, 6) is -0.219. The second kappa shape index (κ2) is 11.8. The number of nitrogens with zero attached hydrogens (tertiary/aromatic N) is 1. The predicted molar refractivity (Wildman–Crippen MR) is 158 cm³/mol. The van der Waals surface area contributed by atoms with Gasteiger partial charge in [-0.15, -0.1) is 11.3 Å². The van der Waals surface area contributed by atoms with Crippen molar-refractivity contribution in [2.45, 2.75) is 6.92 Å². The minimum atomic E-state index is -0.533. The minimum Gasteiger partial charge on any atom is -0.462 e. The van der Waals surface area contributed by atoms with Crippen LogP contribution in [0.2, 0.25) is 0 Å². The highest BCUT2D eigenvalue weighted by molar-refractivity contribution is 8.26. The number of benzene rings is 2. The van der Waals surface area contributed by atoms with Crippen molar-refractivity contribution in [1.29, 1.82) is 0 Å². The number of thiocarbonyl (C=S) groups is 1. The number of amides is 2. The molecule has 4 aromatic rings. The number of thioether (sulfide) groups is 1. The number of hydrogen-bond donors (Lipinski definition) is 1. The first-order chi connectivity index (χ1) is 18.9. The monoisotopic (exact) mass is 574 g/mol. The van der Waals surface area contributed by atoms with E-state index >= 15 is 0 Å². The minimum absolute atomic E-state index is 0.196. The van der Waals surface area contributed by atoms with Gasteiger partial charge in [0, 0.05) is 22.6 Å². The Labute approximate surface area is 238 Å². The molecule has 1 fully saturated rings. The Kier molecular flexibility index (Phi) is 8.06. The van der Waals surface area contributed by atoms with Crippen LogP contribution in [0.4, 0.5) is 5.00 Å². The smallest absolute Gasteiger partial charge is 0.341 e. The summed E-state index contributed by atoms with van der Waals surface area (Å²) in [4.78, 5) is 40.5. The molecule has 1 saturated heterocycles. The quantitative estimate of drug-likeness (QED) is 0.142. The van der Waals surface area contributed by atoms with Crippen molar-refractivity contribution >= 4 is 68.5 Å². The first-order valence-electron chi connectivity index (χ1n) is 12.0. The zero-order valence-electron chi connectivity index (χ0n) is 20.7. The van der Waals surface area contributed by atoms with Gasteiger partial charge in [-0.1, -0.05) is 84.6 Å². The molecule has 1 aliphatic rings. The molecule has 0 saturated carbocycles. The number of carbonyl (C=O) groups is 3. The number of carbonyl (C=O) groups excluding carboxylic acids is 3. The molecule has 1 N–H and O–H groups in total. The molecule has 2 aromatic heterocycles. The van der Waals surface area contributed by atoms with Crippen LogP contribution in [0.25, 0.3) is 28.5 Å². The lowest BCUT2D eigenvalue weighted by Gasteiger charge is -2.14. The topological polar surface area (TPSA) is 88.9 Å². The normalized spacial score (nSPS) is 14.2. The molecule has 5 rings (SSSR count). The average Bonchev–Trinajstić information content (AvgIpc) is 3.65. The Morgan fingerprint density at radius 1 is 1.03 bits per heavy atom. The van der Waals surface area contributed by atoms with Crippen molar-refractivity contribution in [2.75, 3.05) is 18.5 Å². The Hall–Kier alpha value is -3.99. The van der Waals surface area contributed by atoms with E-state index in [0.717, 1.165) is 22.9 Å². The van der Waals surface area contributed by atoms with E-state index in [0.29, 0.717) is 27.0 Å². The summed E-state index contributed by atoms with van der Waals surface area (Å²) in [5, 5.41) is 4.92. The van der Waals surface area contributed by atoms with Crippen LogP contribution in [0.5, 0.6) is 0 Å². The highest BCUT2D eigenvalue weighted by Gasteiger charge is 2.34. The van der Waals surface area contributed by atoms with Crippen molar-refractivity contribution in [1.82, 2.24) is 4.90 Å². The van der Waals surface area contributed by atoms with Crippen LogP contribution in [0.15, 0.2) is 87.5 Å². The number of esters is 1. The van der Waals surface area contributed by atoms with Gasteiger partial charge in [0.2, 0.25) is 5.91 Å². The van der Waals surface area contributed by atoms with E-state index in [9.17, 15) is 14.4 Å². The molecular formula is C29H22N2O5S3. The number of hydrogen-bond acceptors (Lipinski definition) is 8. The van der Waals surface area contributed by atoms with Crippen molar-refractivity contribution < 1.29 is 23.5 Å². The van der Waals surface area contributed by atoms with E-state index in [1.54, 1.807) is 24.4 Å². The zero-order chi connectivity index (χ0) is 27.4. The Bertz CT molecular complexity index is 1570. The summed E-state index contributed by atoms with van der Waals surface area (Å²) < 4.78 is 11.4. The fourth-order valence-electron chi connectivity index (χ4n) is 3.95.